The molecule has 0 aliphatic rings. The highest BCUT2D eigenvalue weighted by atomic mass is 79.9. The molecular weight excluding hydrogens is 346 g/mol. The molecule has 0 fully saturated rings. The van der Waals surface area contributed by atoms with E-state index in [1.165, 1.54) is 15.3 Å². The van der Waals surface area contributed by atoms with Crippen LogP contribution in [0.5, 0.6) is 5.75 Å². The Morgan fingerprint density at radius 1 is 1.24 bits per heavy atom. The summed E-state index contributed by atoms with van der Waals surface area (Å²) in [5, 5.41) is 3.65. The van der Waals surface area contributed by atoms with Gasteiger partial charge in [0, 0.05) is 14.2 Å². The third-order valence-electron chi connectivity index (χ3n) is 3.24. The molecule has 0 amide bonds. The van der Waals surface area contributed by atoms with Gasteiger partial charge in [0.25, 0.3) is 0 Å². The maximum atomic E-state index is 5.56. The van der Waals surface area contributed by atoms with Crippen molar-refractivity contribution < 1.29 is 4.74 Å². The van der Waals surface area contributed by atoms with Gasteiger partial charge >= 0.3 is 0 Å². The molecule has 21 heavy (non-hydrogen) atoms. The zero-order valence-corrected chi connectivity index (χ0v) is 15.2. The van der Waals surface area contributed by atoms with Crippen molar-refractivity contribution in [2.24, 2.45) is 0 Å². The van der Waals surface area contributed by atoms with Crippen LogP contribution >= 0.6 is 27.3 Å². The number of hydrogen-bond acceptors (Lipinski definition) is 3. The molecule has 2 rings (SSSR count). The first-order valence-electron chi connectivity index (χ1n) is 7.37. The molecule has 2 aromatic rings. The van der Waals surface area contributed by atoms with Crippen LogP contribution in [0.15, 0.2) is 34.8 Å². The van der Waals surface area contributed by atoms with Gasteiger partial charge in [-0.3, -0.25) is 0 Å². The molecule has 0 radical (unpaired) electrons. The maximum absolute atomic E-state index is 5.56. The van der Waals surface area contributed by atoms with Gasteiger partial charge in [-0.2, -0.15) is 0 Å². The van der Waals surface area contributed by atoms with E-state index in [0.29, 0.717) is 6.61 Å². The molecule has 1 unspecified atom stereocenters. The number of aryl methyl sites for hydroxylation is 1. The minimum absolute atomic E-state index is 0.230. The number of nitrogens with one attached hydrogen (secondary N) is 1. The highest BCUT2D eigenvalue weighted by molar-refractivity contribution is 9.10. The molecule has 114 valence electrons. The van der Waals surface area contributed by atoms with Gasteiger partial charge < -0.3 is 10.1 Å². The fraction of sp³-hybridized carbons (Fsp3) is 0.412. The van der Waals surface area contributed by atoms with Gasteiger partial charge in [-0.25, -0.2) is 0 Å². The van der Waals surface area contributed by atoms with Gasteiger partial charge in [-0.05, 0) is 56.6 Å². The predicted octanol–water partition coefficient (Wildman–Crippen LogP) is 5.31. The second-order valence-corrected chi connectivity index (χ2v) is 7.13. The minimum Gasteiger partial charge on any atom is -0.494 e. The van der Waals surface area contributed by atoms with E-state index in [-0.39, 0.29) is 6.04 Å². The Hall–Kier alpha value is -0.840. The highest BCUT2D eigenvalue weighted by Crippen LogP contribution is 2.34. The summed E-state index contributed by atoms with van der Waals surface area (Å²) >= 11 is 5.55. The fourth-order valence-electron chi connectivity index (χ4n) is 2.26. The quantitative estimate of drug-likeness (QED) is 0.715. The lowest BCUT2D eigenvalue weighted by molar-refractivity contribution is 0.340. The molecule has 1 atom stereocenters. The van der Waals surface area contributed by atoms with E-state index in [4.69, 9.17) is 4.74 Å². The Kier molecular flexibility index (Phi) is 6.27. The standard InChI is InChI=1S/C17H22BrNOS/c1-4-10-19-17(16-9-6-12(3)21-16)14-8-7-13(20-5-2)11-15(14)18/h6-9,11,17,19H,4-5,10H2,1-3H3. The summed E-state index contributed by atoms with van der Waals surface area (Å²) in [6, 6.07) is 10.9. The fourth-order valence-corrected chi connectivity index (χ4v) is 3.82. The molecule has 0 spiro atoms. The van der Waals surface area contributed by atoms with Crippen LogP contribution in [0, 0.1) is 6.92 Å². The average molecular weight is 368 g/mol. The van der Waals surface area contributed by atoms with Crippen LogP contribution in [0.2, 0.25) is 0 Å². The van der Waals surface area contributed by atoms with Gasteiger partial charge in [0.2, 0.25) is 0 Å². The molecule has 4 heteroatoms. The van der Waals surface area contributed by atoms with E-state index in [1.807, 2.05) is 24.3 Å². The monoisotopic (exact) mass is 367 g/mol. The Bertz CT molecular complexity index is 582. The molecule has 0 saturated heterocycles. The number of hydrogen-bond donors (Lipinski definition) is 1. The summed E-state index contributed by atoms with van der Waals surface area (Å²) in [6.45, 7) is 8.03. The van der Waals surface area contributed by atoms with Gasteiger partial charge in [-0.15, -0.1) is 11.3 Å². The Morgan fingerprint density at radius 3 is 2.62 bits per heavy atom. The largest absolute Gasteiger partial charge is 0.494 e. The minimum atomic E-state index is 0.230. The van der Waals surface area contributed by atoms with Crippen molar-refractivity contribution >= 4 is 27.3 Å². The summed E-state index contributed by atoms with van der Waals surface area (Å²) in [7, 11) is 0. The van der Waals surface area contributed by atoms with Crippen LogP contribution in [-0.4, -0.2) is 13.2 Å². The molecular formula is C17H22BrNOS. The summed E-state index contributed by atoms with van der Waals surface area (Å²) in [5.74, 6) is 0.907. The van der Waals surface area contributed by atoms with Crippen LogP contribution in [0.1, 0.15) is 41.6 Å². The number of benzene rings is 1. The molecule has 0 aliphatic heterocycles. The lowest BCUT2D eigenvalue weighted by atomic mass is 10.0. The lowest BCUT2D eigenvalue weighted by Crippen LogP contribution is -2.22. The second kappa shape index (κ2) is 7.97. The molecule has 2 nitrogen and oxygen atoms in total. The molecule has 1 heterocycles. The topological polar surface area (TPSA) is 21.3 Å². The van der Waals surface area contributed by atoms with E-state index in [2.05, 4.69) is 59.4 Å². The lowest BCUT2D eigenvalue weighted by Gasteiger charge is -2.20. The van der Waals surface area contributed by atoms with Crippen molar-refractivity contribution in [1.29, 1.82) is 0 Å². The van der Waals surface area contributed by atoms with Crippen LogP contribution in [0.4, 0.5) is 0 Å². The zero-order valence-electron chi connectivity index (χ0n) is 12.8. The number of thiophene rings is 1. The van der Waals surface area contributed by atoms with Crippen molar-refractivity contribution in [3.63, 3.8) is 0 Å². The Labute approximate surface area is 139 Å². The summed E-state index contributed by atoms with van der Waals surface area (Å²) in [5.41, 5.74) is 1.26. The van der Waals surface area contributed by atoms with E-state index >= 15 is 0 Å². The first-order valence-corrected chi connectivity index (χ1v) is 8.98. The third-order valence-corrected chi connectivity index (χ3v) is 4.99. The summed E-state index contributed by atoms with van der Waals surface area (Å²) in [4.78, 5) is 2.70. The molecule has 0 saturated carbocycles. The van der Waals surface area contributed by atoms with Crippen molar-refractivity contribution in [3.8, 4) is 5.75 Å². The second-order valence-electron chi connectivity index (χ2n) is 4.95. The van der Waals surface area contributed by atoms with E-state index < -0.39 is 0 Å². The number of ether oxygens (including phenoxy) is 1. The van der Waals surface area contributed by atoms with E-state index in [9.17, 15) is 0 Å². The molecule has 1 aromatic carbocycles. The normalized spacial score (nSPS) is 12.4. The van der Waals surface area contributed by atoms with Gasteiger partial charge in [0.1, 0.15) is 5.75 Å². The van der Waals surface area contributed by atoms with E-state index in [0.717, 1.165) is 23.2 Å². The summed E-state index contributed by atoms with van der Waals surface area (Å²) < 4.78 is 6.66. The smallest absolute Gasteiger partial charge is 0.120 e. The van der Waals surface area contributed by atoms with Gasteiger partial charge in [0.15, 0.2) is 0 Å². The Morgan fingerprint density at radius 2 is 2.05 bits per heavy atom. The molecule has 1 N–H and O–H groups in total. The molecule has 0 bridgehead atoms. The van der Waals surface area contributed by atoms with Crippen LogP contribution in [0.25, 0.3) is 0 Å². The van der Waals surface area contributed by atoms with Gasteiger partial charge in [0.05, 0.1) is 12.6 Å². The average Bonchev–Trinajstić information content (AvgIpc) is 2.88. The predicted molar refractivity (Wildman–Crippen MR) is 94.5 cm³/mol. The van der Waals surface area contributed by atoms with Crippen molar-refractivity contribution in [2.75, 3.05) is 13.2 Å². The van der Waals surface area contributed by atoms with Crippen molar-refractivity contribution in [2.45, 2.75) is 33.2 Å². The van der Waals surface area contributed by atoms with Gasteiger partial charge in [-0.1, -0.05) is 28.9 Å². The Balaban J connectivity index is 2.32. The SMILES string of the molecule is CCCNC(c1ccc(C)s1)c1ccc(OCC)cc1Br. The summed E-state index contributed by atoms with van der Waals surface area (Å²) in [6.07, 6.45) is 1.12. The van der Waals surface area contributed by atoms with E-state index in [1.54, 1.807) is 0 Å². The molecule has 0 aliphatic carbocycles. The van der Waals surface area contributed by atoms with Crippen molar-refractivity contribution in [3.05, 3.63) is 50.1 Å². The van der Waals surface area contributed by atoms with Crippen LogP contribution < -0.4 is 10.1 Å². The van der Waals surface area contributed by atoms with Crippen LogP contribution in [-0.2, 0) is 0 Å². The maximum Gasteiger partial charge on any atom is 0.120 e. The van der Waals surface area contributed by atoms with Crippen LogP contribution in [0.3, 0.4) is 0 Å². The molecule has 1 aromatic heterocycles. The highest BCUT2D eigenvalue weighted by Gasteiger charge is 2.18. The number of rotatable bonds is 7. The zero-order chi connectivity index (χ0) is 15.2. The third kappa shape index (κ3) is 4.31. The van der Waals surface area contributed by atoms with Crippen molar-refractivity contribution in [1.82, 2.24) is 5.32 Å². The number of halogens is 1. The first kappa shape index (κ1) is 16.5. The first-order chi connectivity index (χ1) is 10.2.